The third kappa shape index (κ3) is 3.29. The van der Waals surface area contributed by atoms with E-state index in [4.69, 9.17) is 0 Å². The van der Waals surface area contributed by atoms with Crippen LogP contribution in [0.3, 0.4) is 0 Å². The zero-order valence-corrected chi connectivity index (χ0v) is 10.9. The molecular weight excluding hydrogens is 232 g/mol. The van der Waals surface area contributed by atoms with Crippen LogP contribution in [0.25, 0.3) is 0 Å². The van der Waals surface area contributed by atoms with E-state index in [1.165, 1.54) is 6.07 Å². The summed E-state index contributed by atoms with van der Waals surface area (Å²) in [6.07, 6.45) is 1.81. The Morgan fingerprint density at radius 2 is 2.17 bits per heavy atom. The summed E-state index contributed by atoms with van der Waals surface area (Å²) >= 11 is 0. The highest BCUT2D eigenvalue weighted by molar-refractivity contribution is 5.98. The molecule has 5 heteroatoms. The average Bonchev–Trinajstić information content (AvgIpc) is 2.28. The molecule has 98 valence electrons. The van der Waals surface area contributed by atoms with E-state index in [1.807, 2.05) is 13.8 Å². The van der Waals surface area contributed by atoms with Gasteiger partial charge in [-0.1, -0.05) is 25.5 Å². The van der Waals surface area contributed by atoms with Crippen LogP contribution in [0.15, 0.2) is 18.2 Å². The van der Waals surface area contributed by atoms with E-state index < -0.39 is 4.92 Å². The molecule has 1 unspecified atom stereocenters. The van der Waals surface area contributed by atoms with Crippen molar-refractivity contribution in [1.82, 2.24) is 5.32 Å². The molecule has 1 N–H and O–H groups in total. The monoisotopic (exact) mass is 250 g/mol. The van der Waals surface area contributed by atoms with Gasteiger partial charge < -0.3 is 5.32 Å². The third-order valence-corrected chi connectivity index (χ3v) is 2.76. The van der Waals surface area contributed by atoms with Crippen molar-refractivity contribution in [2.24, 2.45) is 0 Å². The normalized spacial score (nSPS) is 11.9. The van der Waals surface area contributed by atoms with Crippen LogP contribution >= 0.6 is 0 Å². The van der Waals surface area contributed by atoms with E-state index >= 15 is 0 Å². The SMILES string of the molecule is CCCC(C)NC(=O)c1cccc(C)c1[N+](=O)[O-]. The molecule has 0 saturated heterocycles. The summed E-state index contributed by atoms with van der Waals surface area (Å²) in [6, 6.07) is 4.79. The summed E-state index contributed by atoms with van der Waals surface area (Å²) in [5.74, 6) is -0.383. The second-order valence-corrected chi connectivity index (χ2v) is 4.39. The number of rotatable bonds is 5. The zero-order chi connectivity index (χ0) is 13.7. The summed E-state index contributed by atoms with van der Waals surface area (Å²) in [7, 11) is 0. The predicted molar refractivity (Wildman–Crippen MR) is 69.7 cm³/mol. The molecule has 0 aliphatic heterocycles. The molecule has 0 aliphatic rings. The molecule has 0 spiro atoms. The van der Waals surface area contributed by atoms with Gasteiger partial charge in [0.2, 0.25) is 0 Å². The maximum Gasteiger partial charge on any atom is 0.285 e. The van der Waals surface area contributed by atoms with Gasteiger partial charge in [-0.05, 0) is 26.3 Å². The van der Waals surface area contributed by atoms with Gasteiger partial charge in [-0.25, -0.2) is 0 Å². The molecular formula is C13H18N2O3. The fraction of sp³-hybridized carbons (Fsp3) is 0.462. The highest BCUT2D eigenvalue weighted by Gasteiger charge is 2.22. The number of nitrogens with zero attached hydrogens (tertiary/aromatic N) is 1. The molecule has 0 heterocycles. The van der Waals surface area contributed by atoms with E-state index in [1.54, 1.807) is 19.1 Å². The maximum atomic E-state index is 12.0. The van der Waals surface area contributed by atoms with E-state index in [9.17, 15) is 14.9 Å². The number of nitro benzene ring substituents is 1. The molecule has 0 aliphatic carbocycles. The second-order valence-electron chi connectivity index (χ2n) is 4.39. The van der Waals surface area contributed by atoms with Gasteiger partial charge >= 0.3 is 0 Å². The first kappa shape index (κ1) is 14.2. The lowest BCUT2D eigenvalue weighted by atomic mass is 10.1. The second kappa shape index (κ2) is 6.14. The van der Waals surface area contributed by atoms with Crippen molar-refractivity contribution < 1.29 is 9.72 Å². The molecule has 1 atom stereocenters. The van der Waals surface area contributed by atoms with Gasteiger partial charge in [0.05, 0.1) is 4.92 Å². The number of carbonyl (C=O) groups is 1. The summed E-state index contributed by atoms with van der Waals surface area (Å²) in [6.45, 7) is 5.55. The molecule has 0 bridgehead atoms. The Bertz CT molecular complexity index is 458. The van der Waals surface area contributed by atoms with E-state index in [0.717, 1.165) is 12.8 Å². The first-order valence-corrected chi connectivity index (χ1v) is 6.02. The van der Waals surface area contributed by atoms with Gasteiger partial charge in [0, 0.05) is 11.6 Å². The van der Waals surface area contributed by atoms with Crippen LogP contribution < -0.4 is 5.32 Å². The van der Waals surface area contributed by atoms with Gasteiger partial charge in [-0.15, -0.1) is 0 Å². The standard InChI is InChI=1S/C13H18N2O3/c1-4-6-10(3)14-13(16)11-8-5-7-9(2)12(11)15(17)18/h5,7-8,10H,4,6H2,1-3H3,(H,14,16). The van der Waals surface area contributed by atoms with Crippen molar-refractivity contribution in [1.29, 1.82) is 0 Å². The van der Waals surface area contributed by atoms with Crippen LogP contribution in [-0.4, -0.2) is 16.9 Å². The highest BCUT2D eigenvalue weighted by Crippen LogP contribution is 2.23. The highest BCUT2D eigenvalue weighted by atomic mass is 16.6. The number of nitrogens with one attached hydrogen (secondary N) is 1. The number of benzene rings is 1. The number of aryl methyl sites for hydroxylation is 1. The van der Waals surface area contributed by atoms with Crippen LogP contribution in [0.1, 0.15) is 42.6 Å². The van der Waals surface area contributed by atoms with E-state index in [-0.39, 0.29) is 23.2 Å². The molecule has 1 rings (SSSR count). The van der Waals surface area contributed by atoms with Crippen molar-refractivity contribution in [3.05, 3.63) is 39.4 Å². The smallest absolute Gasteiger partial charge is 0.285 e. The number of hydrogen-bond donors (Lipinski definition) is 1. The van der Waals surface area contributed by atoms with E-state index in [2.05, 4.69) is 5.32 Å². The molecule has 18 heavy (non-hydrogen) atoms. The first-order valence-electron chi connectivity index (χ1n) is 6.02. The lowest BCUT2D eigenvalue weighted by molar-refractivity contribution is -0.385. The van der Waals surface area contributed by atoms with Crippen molar-refractivity contribution >= 4 is 11.6 Å². The molecule has 0 radical (unpaired) electrons. The molecule has 5 nitrogen and oxygen atoms in total. The molecule has 1 aromatic rings. The van der Waals surface area contributed by atoms with Crippen LogP contribution in [0.5, 0.6) is 0 Å². The minimum atomic E-state index is -0.505. The van der Waals surface area contributed by atoms with Crippen molar-refractivity contribution in [3.8, 4) is 0 Å². The van der Waals surface area contributed by atoms with Crippen LogP contribution in [0, 0.1) is 17.0 Å². The third-order valence-electron chi connectivity index (χ3n) is 2.76. The number of nitro groups is 1. The quantitative estimate of drug-likeness (QED) is 0.645. The maximum absolute atomic E-state index is 12.0. The van der Waals surface area contributed by atoms with Crippen LogP contribution in [-0.2, 0) is 0 Å². The molecule has 0 aromatic heterocycles. The van der Waals surface area contributed by atoms with Gasteiger partial charge in [-0.2, -0.15) is 0 Å². The number of para-hydroxylation sites is 1. The Labute approximate surface area is 106 Å². The fourth-order valence-corrected chi connectivity index (χ4v) is 1.89. The minimum Gasteiger partial charge on any atom is -0.349 e. The predicted octanol–water partition coefficient (Wildman–Crippen LogP) is 2.82. The van der Waals surface area contributed by atoms with Crippen molar-refractivity contribution in [3.63, 3.8) is 0 Å². The van der Waals surface area contributed by atoms with E-state index in [0.29, 0.717) is 5.56 Å². The van der Waals surface area contributed by atoms with Crippen LogP contribution in [0.2, 0.25) is 0 Å². The Kier molecular flexibility index (Phi) is 4.83. The Balaban J connectivity index is 2.99. The first-order chi connectivity index (χ1) is 8.47. The lowest BCUT2D eigenvalue weighted by Gasteiger charge is -2.13. The zero-order valence-electron chi connectivity index (χ0n) is 10.9. The largest absolute Gasteiger partial charge is 0.349 e. The van der Waals surface area contributed by atoms with Gasteiger partial charge in [0.25, 0.3) is 11.6 Å². The van der Waals surface area contributed by atoms with Crippen molar-refractivity contribution in [2.45, 2.75) is 39.7 Å². The molecule has 0 saturated carbocycles. The lowest BCUT2D eigenvalue weighted by Crippen LogP contribution is -2.32. The molecule has 1 amide bonds. The van der Waals surface area contributed by atoms with Crippen LogP contribution in [0.4, 0.5) is 5.69 Å². The summed E-state index contributed by atoms with van der Waals surface area (Å²) in [4.78, 5) is 22.5. The van der Waals surface area contributed by atoms with Gasteiger partial charge in [0.15, 0.2) is 0 Å². The number of carbonyl (C=O) groups excluding carboxylic acids is 1. The average molecular weight is 250 g/mol. The topological polar surface area (TPSA) is 72.2 Å². The summed E-state index contributed by atoms with van der Waals surface area (Å²) in [5.41, 5.74) is 0.512. The number of hydrogen-bond acceptors (Lipinski definition) is 3. The van der Waals surface area contributed by atoms with Gasteiger partial charge in [-0.3, -0.25) is 14.9 Å². The number of amides is 1. The Morgan fingerprint density at radius 3 is 2.72 bits per heavy atom. The minimum absolute atomic E-state index is 0.0163. The Hall–Kier alpha value is -1.91. The summed E-state index contributed by atoms with van der Waals surface area (Å²) < 4.78 is 0. The molecule has 1 aromatic carbocycles. The Morgan fingerprint density at radius 1 is 1.50 bits per heavy atom. The fourth-order valence-electron chi connectivity index (χ4n) is 1.89. The molecule has 0 fully saturated rings. The van der Waals surface area contributed by atoms with Gasteiger partial charge in [0.1, 0.15) is 5.56 Å². The van der Waals surface area contributed by atoms with Crippen molar-refractivity contribution in [2.75, 3.05) is 0 Å². The summed E-state index contributed by atoms with van der Waals surface area (Å²) in [5, 5.41) is 13.8.